The highest BCUT2D eigenvalue weighted by Gasteiger charge is 2.45. The SMILES string of the molecule is COc1cc(OC)cc(C(=O)[C@](C)(O)C2CC2)c1. The maximum absolute atomic E-state index is 12.3. The van der Waals surface area contributed by atoms with Crippen LogP contribution in [0.3, 0.4) is 0 Å². The van der Waals surface area contributed by atoms with Gasteiger partial charge in [0, 0.05) is 11.6 Å². The maximum Gasteiger partial charge on any atom is 0.194 e. The van der Waals surface area contributed by atoms with E-state index in [1.54, 1.807) is 25.1 Å². The molecule has 1 N–H and O–H groups in total. The molecule has 0 bridgehead atoms. The summed E-state index contributed by atoms with van der Waals surface area (Å²) in [5.41, 5.74) is -0.875. The van der Waals surface area contributed by atoms with Crippen LogP contribution in [0.1, 0.15) is 30.1 Å². The molecule has 0 aliphatic heterocycles. The van der Waals surface area contributed by atoms with Gasteiger partial charge in [-0.2, -0.15) is 0 Å². The molecule has 0 radical (unpaired) electrons. The molecular formula is C14H18O4. The molecule has 1 aliphatic rings. The Hall–Kier alpha value is -1.55. The summed E-state index contributed by atoms with van der Waals surface area (Å²) in [7, 11) is 3.06. The minimum atomic E-state index is -1.29. The first-order valence-electron chi connectivity index (χ1n) is 5.99. The van der Waals surface area contributed by atoms with Crippen molar-refractivity contribution >= 4 is 5.78 Å². The normalized spacial score (nSPS) is 18.0. The Kier molecular flexibility index (Phi) is 3.30. The van der Waals surface area contributed by atoms with Gasteiger partial charge in [-0.3, -0.25) is 4.79 Å². The Labute approximate surface area is 107 Å². The molecule has 0 spiro atoms. The second kappa shape index (κ2) is 4.61. The number of Topliss-reactive ketones (excluding diaryl/α,β-unsaturated/α-hetero) is 1. The van der Waals surface area contributed by atoms with Gasteiger partial charge in [-0.1, -0.05) is 0 Å². The number of aliphatic hydroxyl groups is 1. The molecular weight excluding hydrogens is 232 g/mol. The smallest absolute Gasteiger partial charge is 0.194 e. The number of carbonyl (C=O) groups is 1. The Morgan fingerprint density at radius 3 is 2.11 bits per heavy atom. The van der Waals surface area contributed by atoms with Crippen molar-refractivity contribution in [3.05, 3.63) is 23.8 Å². The largest absolute Gasteiger partial charge is 0.497 e. The minimum absolute atomic E-state index is 0.0715. The van der Waals surface area contributed by atoms with Crippen LogP contribution in [-0.4, -0.2) is 30.7 Å². The van der Waals surface area contributed by atoms with Gasteiger partial charge < -0.3 is 14.6 Å². The molecule has 1 aliphatic carbocycles. The van der Waals surface area contributed by atoms with Crippen molar-refractivity contribution in [2.45, 2.75) is 25.4 Å². The maximum atomic E-state index is 12.3. The lowest BCUT2D eigenvalue weighted by molar-refractivity contribution is 0.0300. The molecule has 1 fully saturated rings. The molecule has 2 rings (SSSR count). The second-order valence-corrected chi connectivity index (χ2v) is 4.85. The van der Waals surface area contributed by atoms with E-state index in [9.17, 15) is 9.90 Å². The van der Waals surface area contributed by atoms with Crippen molar-refractivity contribution in [1.82, 2.24) is 0 Å². The zero-order valence-electron chi connectivity index (χ0n) is 10.9. The van der Waals surface area contributed by atoms with E-state index < -0.39 is 5.60 Å². The molecule has 0 saturated heterocycles. The van der Waals surface area contributed by atoms with Gasteiger partial charge in [-0.05, 0) is 37.8 Å². The van der Waals surface area contributed by atoms with Crippen LogP contribution in [0.25, 0.3) is 0 Å². The van der Waals surface area contributed by atoms with E-state index in [0.717, 1.165) is 12.8 Å². The van der Waals surface area contributed by atoms with Gasteiger partial charge >= 0.3 is 0 Å². The Balaban J connectivity index is 2.34. The van der Waals surface area contributed by atoms with Gasteiger partial charge in [0.1, 0.15) is 17.1 Å². The average Bonchev–Trinajstić information content (AvgIpc) is 3.21. The Bertz CT molecular complexity index is 439. The number of hydrogen-bond acceptors (Lipinski definition) is 4. The molecule has 98 valence electrons. The lowest BCUT2D eigenvalue weighted by Gasteiger charge is -2.21. The summed E-state index contributed by atoms with van der Waals surface area (Å²) < 4.78 is 10.2. The predicted molar refractivity (Wildman–Crippen MR) is 67.2 cm³/mol. The zero-order valence-corrected chi connectivity index (χ0v) is 10.9. The van der Waals surface area contributed by atoms with Gasteiger partial charge in [-0.25, -0.2) is 0 Å². The van der Waals surface area contributed by atoms with Crippen LogP contribution in [0.4, 0.5) is 0 Å². The first-order valence-corrected chi connectivity index (χ1v) is 5.99. The number of ketones is 1. The lowest BCUT2D eigenvalue weighted by atomic mass is 9.90. The number of hydrogen-bond donors (Lipinski definition) is 1. The lowest BCUT2D eigenvalue weighted by Crippen LogP contribution is -2.37. The number of rotatable bonds is 5. The first kappa shape index (κ1) is 12.9. The van der Waals surface area contributed by atoms with Gasteiger partial charge in [0.2, 0.25) is 0 Å². The molecule has 1 atom stereocenters. The van der Waals surface area contributed by atoms with E-state index in [1.807, 2.05) is 0 Å². The fourth-order valence-electron chi connectivity index (χ4n) is 2.06. The fourth-order valence-corrected chi connectivity index (χ4v) is 2.06. The third kappa shape index (κ3) is 2.34. The second-order valence-electron chi connectivity index (χ2n) is 4.85. The molecule has 0 amide bonds. The quantitative estimate of drug-likeness (QED) is 0.813. The minimum Gasteiger partial charge on any atom is -0.497 e. The number of ether oxygens (including phenoxy) is 2. The first-order chi connectivity index (χ1) is 8.48. The monoisotopic (exact) mass is 250 g/mol. The summed E-state index contributed by atoms with van der Waals surface area (Å²) in [6.45, 7) is 1.58. The van der Waals surface area contributed by atoms with E-state index >= 15 is 0 Å². The predicted octanol–water partition coefficient (Wildman–Crippen LogP) is 2.05. The highest BCUT2D eigenvalue weighted by Crippen LogP contribution is 2.41. The molecule has 1 saturated carbocycles. The molecule has 1 aromatic carbocycles. The summed E-state index contributed by atoms with van der Waals surface area (Å²) in [4.78, 5) is 12.3. The molecule has 4 nitrogen and oxygen atoms in total. The van der Waals surface area contributed by atoms with Crippen LogP contribution >= 0.6 is 0 Å². The average molecular weight is 250 g/mol. The third-order valence-corrected chi connectivity index (χ3v) is 3.45. The van der Waals surface area contributed by atoms with E-state index in [0.29, 0.717) is 17.1 Å². The van der Waals surface area contributed by atoms with Crippen LogP contribution in [-0.2, 0) is 0 Å². The summed E-state index contributed by atoms with van der Waals surface area (Å²) in [5, 5.41) is 10.3. The summed E-state index contributed by atoms with van der Waals surface area (Å²) >= 11 is 0. The molecule has 18 heavy (non-hydrogen) atoms. The fraction of sp³-hybridized carbons (Fsp3) is 0.500. The van der Waals surface area contributed by atoms with Crippen LogP contribution in [0.2, 0.25) is 0 Å². The molecule has 1 aromatic rings. The highest BCUT2D eigenvalue weighted by molar-refractivity contribution is 6.03. The number of carbonyl (C=O) groups excluding carboxylic acids is 1. The van der Waals surface area contributed by atoms with E-state index in [1.165, 1.54) is 14.2 Å². The topological polar surface area (TPSA) is 55.8 Å². The molecule has 0 unspecified atom stereocenters. The molecule has 0 aromatic heterocycles. The van der Waals surface area contributed by atoms with Crippen molar-refractivity contribution in [2.75, 3.05) is 14.2 Å². The molecule has 4 heteroatoms. The van der Waals surface area contributed by atoms with E-state index in [-0.39, 0.29) is 11.7 Å². The van der Waals surface area contributed by atoms with Crippen LogP contribution in [0, 0.1) is 5.92 Å². The van der Waals surface area contributed by atoms with Crippen molar-refractivity contribution in [3.63, 3.8) is 0 Å². The van der Waals surface area contributed by atoms with Crippen LogP contribution in [0.5, 0.6) is 11.5 Å². The number of methoxy groups -OCH3 is 2. The van der Waals surface area contributed by atoms with Crippen molar-refractivity contribution in [2.24, 2.45) is 5.92 Å². The van der Waals surface area contributed by atoms with E-state index in [2.05, 4.69) is 0 Å². The van der Waals surface area contributed by atoms with Gasteiger partial charge in [-0.15, -0.1) is 0 Å². The zero-order chi connectivity index (χ0) is 13.3. The van der Waals surface area contributed by atoms with E-state index in [4.69, 9.17) is 9.47 Å². The van der Waals surface area contributed by atoms with Crippen molar-refractivity contribution in [3.8, 4) is 11.5 Å². The standard InChI is InChI=1S/C14H18O4/c1-14(16,10-4-5-10)13(15)9-6-11(17-2)8-12(7-9)18-3/h6-8,10,16H,4-5H2,1-3H3/t14-/m1/s1. The number of benzene rings is 1. The Morgan fingerprint density at radius 1 is 1.22 bits per heavy atom. The summed E-state index contributed by atoms with van der Waals surface area (Å²) in [6, 6.07) is 4.95. The Morgan fingerprint density at radius 2 is 1.72 bits per heavy atom. The van der Waals surface area contributed by atoms with Gasteiger partial charge in [0.05, 0.1) is 14.2 Å². The van der Waals surface area contributed by atoms with Crippen LogP contribution < -0.4 is 9.47 Å². The third-order valence-electron chi connectivity index (χ3n) is 3.45. The van der Waals surface area contributed by atoms with Crippen LogP contribution in [0.15, 0.2) is 18.2 Å². The van der Waals surface area contributed by atoms with Crippen molar-refractivity contribution < 1.29 is 19.4 Å². The van der Waals surface area contributed by atoms with Crippen molar-refractivity contribution in [1.29, 1.82) is 0 Å². The summed E-state index contributed by atoms with van der Waals surface area (Å²) in [5.74, 6) is 0.887. The molecule has 0 heterocycles. The summed E-state index contributed by atoms with van der Waals surface area (Å²) in [6.07, 6.45) is 1.81. The van der Waals surface area contributed by atoms with Gasteiger partial charge in [0.25, 0.3) is 0 Å². The highest BCUT2D eigenvalue weighted by atomic mass is 16.5. The van der Waals surface area contributed by atoms with Gasteiger partial charge in [0.15, 0.2) is 5.78 Å².